The highest BCUT2D eigenvalue weighted by atomic mass is 32.2. The van der Waals surface area contributed by atoms with E-state index in [1.54, 1.807) is 18.9 Å². The van der Waals surface area contributed by atoms with Gasteiger partial charge in [-0.3, -0.25) is 0 Å². The van der Waals surface area contributed by atoms with Gasteiger partial charge in [0.2, 0.25) is 0 Å². The Labute approximate surface area is 129 Å². The number of nitrogens with one attached hydrogen (secondary N) is 1. The smallest absolute Gasteiger partial charge is 0.166 e. The van der Waals surface area contributed by atoms with Crippen LogP contribution in [0.25, 0.3) is 11.0 Å². The molecule has 0 saturated carbocycles. The molecule has 1 heterocycles. The summed E-state index contributed by atoms with van der Waals surface area (Å²) in [5.74, 6) is 1.85. The molecule has 0 aliphatic rings. The number of aromatic nitrogens is 2. The molecule has 2 aromatic rings. The number of nitrogens with zero attached hydrogens (tertiary/aromatic N) is 2. The third-order valence-electron chi connectivity index (χ3n) is 3.40. The molecule has 0 fully saturated rings. The predicted octanol–water partition coefficient (Wildman–Crippen LogP) is 4.38. The number of benzene rings is 1. The van der Waals surface area contributed by atoms with E-state index < -0.39 is 0 Å². The number of H-pyrrole nitrogens is 1. The zero-order chi connectivity index (χ0) is 15.3. The summed E-state index contributed by atoms with van der Waals surface area (Å²) in [5.41, 5.74) is 1.76. The number of unbranched alkanes of at least 4 members (excludes halogenated alkanes) is 1. The summed E-state index contributed by atoms with van der Waals surface area (Å²) in [6.07, 6.45) is 3.11. The molecular formula is C16H21N3OS. The summed E-state index contributed by atoms with van der Waals surface area (Å²) in [6, 6.07) is 8.18. The number of ether oxygens (including phenoxy) is 1. The lowest BCUT2D eigenvalue weighted by Gasteiger charge is -2.13. The van der Waals surface area contributed by atoms with Crippen LogP contribution in [0.2, 0.25) is 0 Å². The molecule has 1 aromatic carbocycles. The molecule has 0 atom stereocenters. The normalized spacial score (nSPS) is 11.5. The molecule has 2 rings (SSSR count). The number of aromatic amines is 1. The molecule has 0 spiro atoms. The lowest BCUT2D eigenvalue weighted by atomic mass is 9.89. The van der Waals surface area contributed by atoms with Gasteiger partial charge in [-0.1, -0.05) is 18.2 Å². The van der Waals surface area contributed by atoms with Gasteiger partial charge in [0.1, 0.15) is 5.75 Å². The average Bonchev–Trinajstić information content (AvgIpc) is 2.88. The van der Waals surface area contributed by atoms with Crippen molar-refractivity contribution in [3.05, 3.63) is 18.2 Å². The van der Waals surface area contributed by atoms with Crippen molar-refractivity contribution >= 4 is 22.8 Å². The van der Waals surface area contributed by atoms with Crippen LogP contribution in [0.1, 0.15) is 33.1 Å². The van der Waals surface area contributed by atoms with Crippen LogP contribution >= 0.6 is 11.8 Å². The Morgan fingerprint density at radius 2 is 2.19 bits per heavy atom. The van der Waals surface area contributed by atoms with Crippen molar-refractivity contribution in [1.29, 1.82) is 5.26 Å². The number of hydrogen-bond acceptors (Lipinski definition) is 4. The number of methoxy groups -OCH3 is 1. The number of hydrogen-bond donors (Lipinski definition) is 1. The molecule has 0 aliphatic carbocycles. The van der Waals surface area contributed by atoms with Crippen LogP contribution in [-0.2, 0) is 0 Å². The lowest BCUT2D eigenvalue weighted by Crippen LogP contribution is -2.07. The molecule has 4 nitrogen and oxygen atoms in total. The van der Waals surface area contributed by atoms with Crippen LogP contribution in [0.5, 0.6) is 5.75 Å². The van der Waals surface area contributed by atoms with Crippen LogP contribution in [0.4, 0.5) is 0 Å². The van der Waals surface area contributed by atoms with Gasteiger partial charge in [0, 0.05) is 11.8 Å². The molecule has 0 bridgehead atoms. The first-order valence-corrected chi connectivity index (χ1v) is 8.10. The minimum absolute atomic E-state index is 0.208. The number of imidazole rings is 1. The number of fused-ring (bicyclic) bond motifs is 1. The Balaban J connectivity index is 1.83. The Hall–Kier alpha value is -1.67. The maximum Gasteiger partial charge on any atom is 0.166 e. The van der Waals surface area contributed by atoms with Crippen LogP contribution in [0, 0.1) is 16.7 Å². The average molecular weight is 303 g/mol. The highest BCUT2D eigenvalue weighted by molar-refractivity contribution is 7.99. The molecule has 0 unspecified atom stereocenters. The number of thioether (sulfide) groups is 1. The fraction of sp³-hybridized carbons (Fsp3) is 0.500. The SMILES string of the molecule is COc1ccc2nc(SCCCCC(C)(C)C#N)[nH]c2c1. The van der Waals surface area contributed by atoms with E-state index in [4.69, 9.17) is 10.00 Å². The first kappa shape index (κ1) is 15.7. The lowest BCUT2D eigenvalue weighted by molar-refractivity contribution is 0.415. The molecule has 1 aromatic heterocycles. The van der Waals surface area contributed by atoms with Crippen molar-refractivity contribution in [1.82, 2.24) is 9.97 Å². The van der Waals surface area contributed by atoms with Crippen LogP contribution in [0.15, 0.2) is 23.4 Å². The second kappa shape index (κ2) is 6.86. The number of nitriles is 1. The monoisotopic (exact) mass is 303 g/mol. The maximum absolute atomic E-state index is 8.97. The maximum atomic E-state index is 8.97. The Kier molecular flexibility index (Phi) is 5.13. The van der Waals surface area contributed by atoms with Crippen LogP contribution in [-0.4, -0.2) is 22.8 Å². The van der Waals surface area contributed by atoms with E-state index in [0.29, 0.717) is 0 Å². The Morgan fingerprint density at radius 3 is 2.90 bits per heavy atom. The van der Waals surface area contributed by atoms with Crippen molar-refractivity contribution < 1.29 is 4.74 Å². The Morgan fingerprint density at radius 1 is 1.38 bits per heavy atom. The zero-order valence-corrected chi connectivity index (χ0v) is 13.6. The summed E-state index contributed by atoms with van der Waals surface area (Å²) in [5, 5.41) is 9.91. The van der Waals surface area contributed by atoms with Gasteiger partial charge in [0.05, 0.1) is 29.6 Å². The van der Waals surface area contributed by atoms with E-state index in [1.165, 1.54) is 0 Å². The molecular weight excluding hydrogens is 282 g/mol. The van der Waals surface area contributed by atoms with E-state index >= 15 is 0 Å². The highest BCUT2D eigenvalue weighted by Gasteiger charge is 2.15. The topological polar surface area (TPSA) is 61.7 Å². The first-order chi connectivity index (χ1) is 10.0. The molecule has 1 N–H and O–H groups in total. The first-order valence-electron chi connectivity index (χ1n) is 7.12. The minimum Gasteiger partial charge on any atom is -0.497 e. The van der Waals surface area contributed by atoms with Gasteiger partial charge in [-0.25, -0.2) is 4.98 Å². The summed E-state index contributed by atoms with van der Waals surface area (Å²) in [4.78, 5) is 7.86. The van der Waals surface area contributed by atoms with E-state index in [2.05, 4.69) is 16.0 Å². The van der Waals surface area contributed by atoms with Gasteiger partial charge in [0.25, 0.3) is 0 Å². The zero-order valence-electron chi connectivity index (χ0n) is 12.8. The van der Waals surface area contributed by atoms with Crippen molar-refractivity contribution in [2.45, 2.75) is 38.3 Å². The predicted molar refractivity (Wildman–Crippen MR) is 86.6 cm³/mol. The Bertz CT molecular complexity index is 642. The van der Waals surface area contributed by atoms with E-state index in [0.717, 1.165) is 47.0 Å². The molecule has 0 radical (unpaired) electrons. The van der Waals surface area contributed by atoms with Crippen molar-refractivity contribution in [3.63, 3.8) is 0 Å². The standard InChI is InChI=1S/C16H21N3OS/c1-16(2,11-17)8-4-5-9-21-15-18-13-7-6-12(20-3)10-14(13)19-15/h6-7,10H,4-5,8-9H2,1-3H3,(H,18,19). The minimum atomic E-state index is -0.208. The highest BCUT2D eigenvalue weighted by Crippen LogP contribution is 2.25. The summed E-state index contributed by atoms with van der Waals surface area (Å²) < 4.78 is 5.21. The van der Waals surface area contributed by atoms with Gasteiger partial charge < -0.3 is 9.72 Å². The summed E-state index contributed by atoms with van der Waals surface area (Å²) in [7, 11) is 1.66. The van der Waals surface area contributed by atoms with Gasteiger partial charge in [-0.05, 0) is 38.8 Å². The molecule has 5 heteroatoms. The second-order valence-corrected chi connectivity index (χ2v) is 6.81. The van der Waals surface area contributed by atoms with Crippen molar-refractivity contribution in [3.8, 4) is 11.8 Å². The largest absolute Gasteiger partial charge is 0.497 e. The van der Waals surface area contributed by atoms with E-state index in [9.17, 15) is 0 Å². The van der Waals surface area contributed by atoms with Crippen molar-refractivity contribution in [2.75, 3.05) is 12.9 Å². The second-order valence-electron chi connectivity index (χ2n) is 5.73. The van der Waals surface area contributed by atoms with Crippen LogP contribution in [0.3, 0.4) is 0 Å². The summed E-state index contributed by atoms with van der Waals surface area (Å²) >= 11 is 1.73. The van der Waals surface area contributed by atoms with Crippen molar-refractivity contribution in [2.24, 2.45) is 5.41 Å². The molecule has 21 heavy (non-hydrogen) atoms. The molecule has 112 valence electrons. The van der Waals surface area contributed by atoms with E-state index in [1.807, 2.05) is 32.0 Å². The summed E-state index contributed by atoms with van der Waals surface area (Å²) in [6.45, 7) is 3.99. The molecule has 0 amide bonds. The van der Waals surface area contributed by atoms with E-state index in [-0.39, 0.29) is 5.41 Å². The number of rotatable bonds is 7. The fourth-order valence-electron chi connectivity index (χ4n) is 2.05. The van der Waals surface area contributed by atoms with Gasteiger partial charge in [-0.15, -0.1) is 0 Å². The third-order valence-corrected chi connectivity index (χ3v) is 4.36. The quantitative estimate of drug-likeness (QED) is 0.609. The third kappa shape index (κ3) is 4.40. The molecule has 0 saturated heterocycles. The van der Waals surface area contributed by atoms with Gasteiger partial charge in [-0.2, -0.15) is 5.26 Å². The van der Waals surface area contributed by atoms with Gasteiger partial charge >= 0.3 is 0 Å². The fourth-order valence-corrected chi connectivity index (χ4v) is 2.94. The molecule has 0 aliphatic heterocycles. The van der Waals surface area contributed by atoms with Gasteiger partial charge in [0.15, 0.2) is 5.16 Å². The van der Waals surface area contributed by atoms with Crippen LogP contribution < -0.4 is 4.74 Å².